The van der Waals surface area contributed by atoms with Gasteiger partial charge in [-0.05, 0) is 24.6 Å². The predicted molar refractivity (Wildman–Crippen MR) is 53.9 cm³/mol. The van der Waals surface area contributed by atoms with Gasteiger partial charge in [0.15, 0.2) is 0 Å². The monoisotopic (exact) mass is 229 g/mol. The maximum absolute atomic E-state index is 11.3. The molecule has 0 aliphatic carbocycles. The summed E-state index contributed by atoms with van der Waals surface area (Å²) < 4.78 is 26.8. The summed E-state index contributed by atoms with van der Waals surface area (Å²) in [6.45, 7) is 1.70. The minimum atomic E-state index is -3.91. The van der Waals surface area contributed by atoms with Gasteiger partial charge < -0.3 is 4.74 Å². The Labute approximate surface area is 87.9 Å². The van der Waals surface area contributed by atoms with Crippen molar-refractivity contribution in [2.75, 3.05) is 7.11 Å². The summed E-state index contributed by atoms with van der Waals surface area (Å²) >= 11 is 0. The molecule has 1 rings (SSSR count). The molecule has 0 heterocycles. The van der Waals surface area contributed by atoms with E-state index in [-0.39, 0.29) is 10.5 Å². The first-order chi connectivity index (χ1) is 6.86. The quantitative estimate of drug-likeness (QED) is 0.745. The van der Waals surface area contributed by atoms with Gasteiger partial charge in [-0.1, -0.05) is 6.07 Å². The molecule has 0 amide bonds. The van der Waals surface area contributed by atoms with Gasteiger partial charge in [0.05, 0.1) is 17.6 Å². The summed E-state index contributed by atoms with van der Waals surface area (Å²) in [5.41, 5.74) is 0.650. The molecular weight excluding hydrogens is 218 g/mol. The Morgan fingerprint density at radius 2 is 2.00 bits per heavy atom. The molecule has 0 unspecified atom stereocenters. The van der Waals surface area contributed by atoms with E-state index in [4.69, 9.17) is 5.14 Å². The maximum Gasteiger partial charge on any atom is 0.339 e. The normalized spacial score (nSPS) is 11.1. The SMILES string of the molecule is COC(=O)c1ccc(C)cc1S(N)(=O)=O. The van der Waals surface area contributed by atoms with Crippen LogP contribution >= 0.6 is 0 Å². The fourth-order valence-corrected chi connectivity index (χ4v) is 1.95. The average Bonchev–Trinajstić information content (AvgIpc) is 2.15. The van der Waals surface area contributed by atoms with Crippen LogP contribution in [0.15, 0.2) is 23.1 Å². The lowest BCUT2D eigenvalue weighted by molar-refractivity contribution is 0.0596. The first kappa shape index (κ1) is 11.7. The van der Waals surface area contributed by atoms with Gasteiger partial charge in [-0.15, -0.1) is 0 Å². The maximum atomic E-state index is 11.3. The molecule has 0 aliphatic rings. The summed E-state index contributed by atoms with van der Waals surface area (Å²) in [6.07, 6.45) is 0. The van der Waals surface area contributed by atoms with Gasteiger partial charge in [-0.25, -0.2) is 18.4 Å². The van der Waals surface area contributed by atoms with Crippen molar-refractivity contribution in [2.45, 2.75) is 11.8 Å². The van der Waals surface area contributed by atoms with Gasteiger partial charge >= 0.3 is 5.97 Å². The molecule has 0 fully saturated rings. The summed E-state index contributed by atoms with van der Waals surface area (Å²) in [6, 6.07) is 4.32. The third kappa shape index (κ3) is 2.54. The van der Waals surface area contributed by atoms with E-state index in [9.17, 15) is 13.2 Å². The Morgan fingerprint density at radius 1 is 1.40 bits per heavy atom. The van der Waals surface area contributed by atoms with E-state index >= 15 is 0 Å². The minimum absolute atomic E-state index is 0.0504. The van der Waals surface area contributed by atoms with Crippen LogP contribution in [0.4, 0.5) is 0 Å². The van der Waals surface area contributed by atoms with E-state index in [1.807, 2.05) is 0 Å². The largest absolute Gasteiger partial charge is 0.465 e. The number of carbonyl (C=O) groups excluding carboxylic acids is 1. The van der Waals surface area contributed by atoms with E-state index < -0.39 is 16.0 Å². The number of nitrogens with two attached hydrogens (primary N) is 1. The Hall–Kier alpha value is -1.40. The number of hydrogen-bond acceptors (Lipinski definition) is 4. The van der Waals surface area contributed by atoms with Crippen molar-refractivity contribution in [2.24, 2.45) is 5.14 Å². The molecule has 1 aromatic carbocycles. The van der Waals surface area contributed by atoms with E-state index in [0.717, 1.165) is 0 Å². The van der Waals surface area contributed by atoms with E-state index in [1.54, 1.807) is 13.0 Å². The Kier molecular flexibility index (Phi) is 3.11. The zero-order valence-corrected chi connectivity index (χ0v) is 9.17. The van der Waals surface area contributed by atoms with Crippen LogP contribution in [0.5, 0.6) is 0 Å². The van der Waals surface area contributed by atoms with Crippen LogP contribution in [0.2, 0.25) is 0 Å². The first-order valence-electron chi connectivity index (χ1n) is 4.08. The summed E-state index contributed by atoms with van der Waals surface area (Å²) in [5.74, 6) is -0.723. The van der Waals surface area contributed by atoms with Crippen molar-refractivity contribution in [3.8, 4) is 0 Å². The van der Waals surface area contributed by atoms with Crippen LogP contribution in [0.1, 0.15) is 15.9 Å². The number of methoxy groups -OCH3 is 1. The van der Waals surface area contributed by atoms with Crippen molar-refractivity contribution in [1.82, 2.24) is 0 Å². The lowest BCUT2D eigenvalue weighted by Gasteiger charge is -2.06. The highest BCUT2D eigenvalue weighted by Gasteiger charge is 2.19. The van der Waals surface area contributed by atoms with Gasteiger partial charge in [0.1, 0.15) is 0 Å². The van der Waals surface area contributed by atoms with Crippen molar-refractivity contribution >= 4 is 16.0 Å². The number of ether oxygens (including phenoxy) is 1. The summed E-state index contributed by atoms with van der Waals surface area (Å²) in [5, 5.41) is 4.98. The second-order valence-corrected chi connectivity index (χ2v) is 4.57. The molecule has 0 aromatic heterocycles. The molecule has 82 valence electrons. The number of aryl methyl sites for hydroxylation is 1. The molecule has 0 spiro atoms. The highest BCUT2D eigenvalue weighted by Crippen LogP contribution is 2.16. The smallest absolute Gasteiger partial charge is 0.339 e. The third-order valence-corrected chi connectivity index (χ3v) is 2.80. The zero-order chi connectivity index (χ0) is 11.6. The Morgan fingerprint density at radius 3 is 2.47 bits per heavy atom. The number of carbonyl (C=O) groups is 1. The number of primary sulfonamides is 1. The van der Waals surface area contributed by atoms with Gasteiger partial charge in [0.25, 0.3) is 0 Å². The van der Waals surface area contributed by atoms with E-state index in [2.05, 4.69) is 4.74 Å². The third-order valence-electron chi connectivity index (χ3n) is 1.85. The molecule has 0 saturated heterocycles. The number of sulfonamides is 1. The van der Waals surface area contributed by atoms with Gasteiger partial charge in [-0.3, -0.25) is 0 Å². The molecule has 0 bridgehead atoms. The van der Waals surface area contributed by atoms with Crippen LogP contribution in [0.25, 0.3) is 0 Å². The zero-order valence-electron chi connectivity index (χ0n) is 8.35. The topological polar surface area (TPSA) is 86.5 Å². The molecule has 5 nitrogen and oxygen atoms in total. The highest BCUT2D eigenvalue weighted by molar-refractivity contribution is 7.89. The molecule has 1 aromatic rings. The number of benzene rings is 1. The fourth-order valence-electron chi connectivity index (χ4n) is 1.14. The van der Waals surface area contributed by atoms with Crippen LogP contribution < -0.4 is 5.14 Å². The van der Waals surface area contributed by atoms with Crippen molar-refractivity contribution in [3.05, 3.63) is 29.3 Å². The number of rotatable bonds is 2. The number of esters is 1. The van der Waals surface area contributed by atoms with Gasteiger partial charge in [0.2, 0.25) is 10.0 Å². The lowest BCUT2D eigenvalue weighted by atomic mass is 10.1. The second-order valence-electron chi connectivity index (χ2n) is 3.04. The minimum Gasteiger partial charge on any atom is -0.465 e. The van der Waals surface area contributed by atoms with Crippen molar-refractivity contribution < 1.29 is 17.9 Å². The van der Waals surface area contributed by atoms with Crippen LogP contribution in [-0.4, -0.2) is 21.5 Å². The average molecular weight is 229 g/mol. The standard InChI is InChI=1S/C9H11NO4S/c1-6-3-4-7(9(11)14-2)8(5-6)15(10,12)13/h3-5H,1-2H3,(H2,10,12,13). The first-order valence-corrected chi connectivity index (χ1v) is 5.62. The molecule has 0 radical (unpaired) electrons. The molecule has 0 aliphatic heterocycles. The lowest BCUT2D eigenvalue weighted by Crippen LogP contribution is -2.17. The van der Waals surface area contributed by atoms with Crippen LogP contribution in [0, 0.1) is 6.92 Å². The second kappa shape index (κ2) is 4.00. The molecule has 2 N–H and O–H groups in total. The van der Waals surface area contributed by atoms with Crippen LogP contribution in [0.3, 0.4) is 0 Å². The molecule has 0 saturated carbocycles. The van der Waals surface area contributed by atoms with E-state index in [0.29, 0.717) is 5.56 Å². The Bertz CT molecular complexity index is 493. The van der Waals surface area contributed by atoms with E-state index in [1.165, 1.54) is 19.2 Å². The molecule has 0 atom stereocenters. The van der Waals surface area contributed by atoms with Gasteiger partial charge in [0, 0.05) is 0 Å². The van der Waals surface area contributed by atoms with Crippen molar-refractivity contribution in [3.63, 3.8) is 0 Å². The van der Waals surface area contributed by atoms with Gasteiger partial charge in [-0.2, -0.15) is 0 Å². The fraction of sp³-hybridized carbons (Fsp3) is 0.222. The summed E-state index contributed by atoms with van der Waals surface area (Å²) in [7, 11) is -2.74. The molecule has 6 heteroatoms. The number of hydrogen-bond donors (Lipinski definition) is 1. The summed E-state index contributed by atoms with van der Waals surface area (Å²) in [4.78, 5) is 11.0. The molecular formula is C9H11NO4S. The van der Waals surface area contributed by atoms with Crippen molar-refractivity contribution in [1.29, 1.82) is 0 Å². The highest BCUT2D eigenvalue weighted by atomic mass is 32.2. The predicted octanol–water partition coefficient (Wildman–Crippen LogP) is 0.429. The molecule has 15 heavy (non-hydrogen) atoms. The van der Waals surface area contributed by atoms with Crippen LogP contribution in [-0.2, 0) is 14.8 Å². The Balaban J connectivity index is 3.47.